The van der Waals surface area contributed by atoms with E-state index in [0.717, 1.165) is 6.07 Å². The number of nitrogens with zero attached hydrogens (tertiary/aromatic N) is 1. The van der Waals surface area contributed by atoms with Gasteiger partial charge in [-0.1, -0.05) is 35.3 Å². The molecule has 1 aliphatic heterocycles. The Bertz CT molecular complexity index is 1340. The molecule has 1 saturated heterocycles. The third-order valence-electron chi connectivity index (χ3n) is 5.56. The van der Waals surface area contributed by atoms with Crippen LogP contribution in [0.2, 0.25) is 10.0 Å². The fourth-order valence-corrected chi connectivity index (χ4v) is 4.25. The molecule has 6 nitrogen and oxygen atoms in total. The molecule has 0 saturated carbocycles. The zero-order valence-electron chi connectivity index (χ0n) is 18.7. The van der Waals surface area contributed by atoms with Crippen LogP contribution in [0.5, 0.6) is 11.5 Å². The van der Waals surface area contributed by atoms with Gasteiger partial charge in [-0.25, -0.2) is 4.39 Å². The molecule has 3 aromatic rings. The van der Waals surface area contributed by atoms with Crippen LogP contribution in [-0.2, 0) is 9.59 Å². The lowest BCUT2D eigenvalue weighted by molar-refractivity contribution is -0.132. The third-order valence-corrected chi connectivity index (χ3v) is 6.16. The van der Waals surface area contributed by atoms with Gasteiger partial charge in [0.1, 0.15) is 23.1 Å². The molecule has 1 atom stereocenters. The average Bonchev–Trinajstić information content (AvgIpc) is 3.12. The fourth-order valence-electron chi connectivity index (χ4n) is 3.91. The number of hydrogen-bond donors (Lipinski definition) is 1. The highest BCUT2D eigenvalue weighted by molar-refractivity contribution is 6.51. The van der Waals surface area contributed by atoms with E-state index in [1.807, 2.05) is 0 Å². The molecule has 180 valence electrons. The van der Waals surface area contributed by atoms with Crippen LogP contribution in [0, 0.1) is 5.82 Å². The number of benzene rings is 3. The van der Waals surface area contributed by atoms with Gasteiger partial charge in [0.05, 0.1) is 35.4 Å². The van der Waals surface area contributed by atoms with E-state index in [0.29, 0.717) is 28.7 Å². The zero-order chi connectivity index (χ0) is 25.3. The Labute approximate surface area is 211 Å². The Morgan fingerprint density at radius 2 is 1.74 bits per heavy atom. The number of anilines is 1. The van der Waals surface area contributed by atoms with Crippen molar-refractivity contribution < 1.29 is 28.6 Å². The normalized spacial score (nSPS) is 17.1. The molecule has 4 rings (SSSR count). The number of aliphatic hydroxyl groups is 1. The van der Waals surface area contributed by atoms with Gasteiger partial charge in [-0.05, 0) is 61.0 Å². The van der Waals surface area contributed by atoms with Gasteiger partial charge in [0, 0.05) is 11.3 Å². The van der Waals surface area contributed by atoms with Crippen molar-refractivity contribution in [3.05, 3.63) is 93.2 Å². The maximum atomic E-state index is 13.8. The lowest BCUT2D eigenvalue weighted by Gasteiger charge is -2.26. The topological polar surface area (TPSA) is 76.1 Å². The summed E-state index contributed by atoms with van der Waals surface area (Å²) in [5.41, 5.74) is 0.812. The summed E-state index contributed by atoms with van der Waals surface area (Å²) in [7, 11) is 1.51. The lowest BCUT2D eigenvalue weighted by Crippen LogP contribution is -2.29. The van der Waals surface area contributed by atoms with E-state index in [1.165, 1.54) is 42.3 Å². The Kier molecular flexibility index (Phi) is 7.00. The Balaban J connectivity index is 1.93. The number of halogens is 3. The monoisotopic (exact) mass is 515 g/mol. The van der Waals surface area contributed by atoms with Crippen molar-refractivity contribution >= 4 is 46.3 Å². The Morgan fingerprint density at radius 3 is 2.37 bits per heavy atom. The van der Waals surface area contributed by atoms with Gasteiger partial charge in [-0.2, -0.15) is 0 Å². The Morgan fingerprint density at radius 1 is 1.03 bits per heavy atom. The van der Waals surface area contributed by atoms with Crippen molar-refractivity contribution in [1.29, 1.82) is 0 Å². The summed E-state index contributed by atoms with van der Waals surface area (Å²) in [5.74, 6) is -1.99. The number of rotatable bonds is 6. The first kappa shape index (κ1) is 24.6. The van der Waals surface area contributed by atoms with Gasteiger partial charge in [-0.15, -0.1) is 0 Å². The summed E-state index contributed by atoms with van der Waals surface area (Å²) in [4.78, 5) is 27.6. The van der Waals surface area contributed by atoms with Gasteiger partial charge in [0.15, 0.2) is 0 Å². The van der Waals surface area contributed by atoms with E-state index in [1.54, 1.807) is 31.2 Å². The van der Waals surface area contributed by atoms with Gasteiger partial charge < -0.3 is 14.6 Å². The van der Waals surface area contributed by atoms with Crippen molar-refractivity contribution in [1.82, 2.24) is 0 Å². The number of ether oxygens (including phenoxy) is 2. The maximum Gasteiger partial charge on any atom is 0.300 e. The number of Topliss-reactive ketones (excluding diaryl/α,β-unsaturated/α-hetero) is 1. The average molecular weight is 516 g/mol. The zero-order valence-corrected chi connectivity index (χ0v) is 20.2. The maximum absolute atomic E-state index is 13.8. The summed E-state index contributed by atoms with van der Waals surface area (Å²) in [6.07, 6.45) is 0. The van der Waals surface area contributed by atoms with Gasteiger partial charge in [0.25, 0.3) is 11.7 Å². The molecule has 0 aliphatic carbocycles. The summed E-state index contributed by atoms with van der Waals surface area (Å²) in [5, 5.41) is 11.4. The summed E-state index contributed by atoms with van der Waals surface area (Å²) >= 11 is 12.1. The second kappa shape index (κ2) is 9.98. The van der Waals surface area contributed by atoms with Crippen LogP contribution in [0.4, 0.5) is 10.1 Å². The molecule has 0 radical (unpaired) electrons. The number of carbonyl (C=O) groups is 2. The summed E-state index contributed by atoms with van der Waals surface area (Å²) in [6.45, 7) is 2.12. The number of carbonyl (C=O) groups excluding carboxylic acids is 2. The first-order valence-electron chi connectivity index (χ1n) is 10.6. The standard InChI is InChI=1S/C26H20Cl2FNO5/c1-3-35-21-12-15(6-10-18(21)27)24(31)22-23(14-4-8-17(34-2)9-5-14)30(26(33)25(22)32)16-7-11-20(29)19(28)13-16/h4-13,23,31H,3H2,1-2H3/b24-22+. The van der Waals surface area contributed by atoms with E-state index in [2.05, 4.69) is 0 Å². The second-order valence-electron chi connectivity index (χ2n) is 7.62. The number of ketones is 1. The van der Waals surface area contributed by atoms with Crippen molar-refractivity contribution in [2.45, 2.75) is 13.0 Å². The van der Waals surface area contributed by atoms with Crippen molar-refractivity contribution in [3.8, 4) is 11.5 Å². The van der Waals surface area contributed by atoms with Crippen LogP contribution in [0.25, 0.3) is 5.76 Å². The molecule has 1 aliphatic rings. The first-order valence-corrected chi connectivity index (χ1v) is 11.3. The largest absolute Gasteiger partial charge is 0.507 e. The molecular weight excluding hydrogens is 496 g/mol. The van der Waals surface area contributed by atoms with Crippen molar-refractivity contribution in [2.75, 3.05) is 18.6 Å². The molecule has 9 heteroatoms. The summed E-state index contributed by atoms with van der Waals surface area (Å²) in [6, 6.07) is 13.9. The number of aliphatic hydroxyl groups excluding tert-OH is 1. The molecule has 0 spiro atoms. The highest BCUT2D eigenvalue weighted by Crippen LogP contribution is 2.43. The molecule has 0 bridgehead atoms. The van der Waals surface area contributed by atoms with Crippen LogP contribution >= 0.6 is 23.2 Å². The molecule has 1 unspecified atom stereocenters. The number of hydrogen-bond acceptors (Lipinski definition) is 5. The molecule has 1 fully saturated rings. The van der Waals surface area contributed by atoms with Crippen LogP contribution < -0.4 is 14.4 Å². The molecule has 3 aromatic carbocycles. The SMILES string of the molecule is CCOc1cc(/C(O)=C2\C(=O)C(=O)N(c3ccc(F)c(Cl)c3)C2c2ccc(OC)cc2)ccc1Cl. The third kappa shape index (κ3) is 4.57. The predicted octanol–water partition coefficient (Wildman–Crippen LogP) is 6.17. The van der Waals surface area contributed by atoms with Crippen molar-refractivity contribution in [3.63, 3.8) is 0 Å². The van der Waals surface area contributed by atoms with Gasteiger partial charge >= 0.3 is 0 Å². The highest BCUT2D eigenvalue weighted by Gasteiger charge is 2.47. The predicted molar refractivity (Wildman–Crippen MR) is 132 cm³/mol. The van der Waals surface area contributed by atoms with Crippen LogP contribution in [0.3, 0.4) is 0 Å². The van der Waals surface area contributed by atoms with E-state index < -0.39 is 29.3 Å². The molecule has 1 N–H and O–H groups in total. The fraction of sp³-hybridized carbons (Fsp3) is 0.154. The van der Waals surface area contributed by atoms with Gasteiger partial charge in [-0.3, -0.25) is 14.5 Å². The molecule has 0 aromatic heterocycles. The minimum Gasteiger partial charge on any atom is -0.507 e. The molecule has 35 heavy (non-hydrogen) atoms. The number of amides is 1. The summed E-state index contributed by atoms with van der Waals surface area (Å²) < 4.78 is 24.5. The minimum atomic E-state index is -1.02. The smallest absolute Gasteiger partial charge is 0.300 e. The van der Waals surface area contributed by atoms with E-state index in [4.69, 9.17) is 32.7 Å². The quantitative estimate of drug-likeness (QED) is 0.241. The first-order chi connectivity index (χ1) is 16.8. The highest BCUT2D eigenvalue weighted by atomic mass is 35.5. The molecule has 1 amide bonds. The van der Waals surface area contributed by atoms with Crippen LogP contribution in [0.15, 0.2) is 66.2 Å². The van der Waals surface area contributed by atoms with E-state index in [-0.39, 0.29) is 21.8 Å². The van der Waals surface area contributed by atoms with Crippen LogP contribution in [-0.4, -0.2) is 30.5 Å². The van der Waals surface area contributed by atoms with E-state index in [9.17, 15) is 19.1 Å². The molecule has 1 heterocycles. The lowest BCUT2D eigenvalue weighted by atomic mass is 9.95. The Hall–Kier alpha value is -3.55. The minimum absolute atomic E-state index is 0.148. The van der Waals surface area contributed by atoms with E-state index >= 15 is 0 Å². The van der Waals surface area contributed by atoms with Crippen molar-refractivity contribution in [2.24, 2.45) is 0 Å². The number of methoxy groups -OCH3 is 1. The second-order valence-corrected chi connectivity index (χ2v) is 8.43. The molecular formula is C26H20Cl2FNO5. The van der Waals surface area contributed by atoms with Gasteiger partial charge in [0.2, 0.25) is 0 Å². The van der Waals surface area contributed by atoms with Crippen LogP contribution in [0.1, 0.15) is 24.1 Å².